The predicted octanol–water partition coefficient (Wildman–Crippen LogP) is 2.00. The number of hydrogen-bond donors (Lipinski definition) is 3. The Kier molecular flexibility index (Phi) is 5.85. The Morgan fingerprint density at radius 3 is 2.60 bits per heavy atom. The van der Waals surface area contributed by atoms with Crippen LogP contribution in [0, 0.1) is 0 Å². The van der Waals surface area contributed by atoms with Crippen LogP contribution in [0.25, 0.3) is 11.4 Å². The van der Waals surface area contributed by atoms with Crippen molar-refractivity contribution >= 4 is 17.7 Å². The number of methoxy groups -OCH3 is 1. The van der Waals surface area contributed by atoms with Crippen LogP contribution in [0.1, 0.15) is 6.92 Å². The number of aromatic amines is 1. The number of rotatable bonds is 3. The van der Waals surface area contributed by atoms with Gasteiger partial charge in [0.05, 0.1) is 12.7 Å². The first-order chi connectivity index (χ1) is 9.47. The highest BCUT2D eigenvalue weighted by Gasteiger charge is 2.10. The maximum atomic E-state index is 9.72. The number of phenolic OH excluding ortho intramolecular Hbond substituents is 1. The van der Waals surface area contributed by atoms with Gasteiger partial charge in [0.1, 0.15) is 11.5 Å². The number of H-pyrrole nitrogens is 1. The zero-order valence-electron chi connectivity index (χ0n) is 11.2. The number of nitrogens with zero attached hydrogens (tertiary/aromatic N) is 2. The Hall–Kier alpha value is -2.22. The van der Waals surface area contributed by atoms with Crippen molar-refractivity contribution in [2.75, 3.05) is 13.4 Å². The SMILES string of the molecule is CC(=O)O.COc1ccc(O)c(-c2nc(SC)n[nH]2)c1. The number of carboxylic acids is 1. The number of aromatic hydroxyl groups is 1. The van der Waals surface area contributed by atoms with Crippen LogP contribution >= 0.6 is 11.8 Å². The van der Waals surface area contributed by atoms with Gasteiger partial charge in [-0.15, -0.1) is 5.10 Å². The second kappa shape index (κ2) is 7.39. The molecule has 0 aliphatic carbocycles. The Bertz CT molecular complexity index is 582. The lowest BCUT2D eigenvalue weighted by atomic mass is 10.2. The molecule has 0 aliphatic heterocycles. The monoisotopic (exact) mass is 297 g/mol. The van der Waals surface area contributed by atoms with Crippen molar-refractivity contribution in [2.45, 2.75) is 12.1 Å². The van der Waals surface area contributed by atoms with E-state index in [0.717, 1.165) is 6.92 Å². The van der Waals surface area contributed by atoms with Gasteiger partial charge in [0.2, 0.25) is 5.16 Å². The molecule has 0 saturated carbocycles. The Balaban J connectivity index is 0.000000444. The van der Waals surface area contributed by atoms with Gasteiger partial charge in [-0.2, -0.15) is 0 Å². The maximum Gasteiger partial charge on any atom is 0.300 e. The van der Waals surface area contributed by atoms with Crippen LogP contribution in [-0.4, -0.2) is 44.7 Å². The van der Waals surface area contributed by atoms with E-state index in [0.29, 0.717) is 22.3 Å². The van der Waals surface area contributed by atoms with Gasteiger partial charge in [-0.3, -0.25) is 9.89 Å². The normalized spacial score (nSPS) is 9.55. The second-order valence-corrected chi connectivity index (χ2v) is 4.35. The predicted molar refractivity (Wildman–Crippen MR) is 75.1 cm³/mol. The van der Waals surface area contributed by atoms with E-state index >= 15 is 0 Å². The van der Waals surface area contributed by atoms with Crippen molar-refractivity contribution in [1.82, 2.24) is 15.2 Å². The van der Waals surface area contributed by atoms with E-state index in [1.54, 1.807) is 25.3 Å². The molecule has 7 nitrogen and oxygen atoms in total. The molecule has 3 N–H and O–H groups in total. The first kappa shape index (κ1) is 15.8. The molecule has 1 aromatic heterocycles. The summed E-state index contributed by atoms with van der Waals surface area (Å²) in [5.74, 6) is 0.500. The fraction of sp³-hybridized carbons (Fsp3) is 0.250. The number of carboxylic acid groups (broad SMARTS) is 1. The number of thioether (sulfide) groups is 1. The molecule has 20 heavy (non-hydrogen) atoms. The summed E-state index contributed by atoms with van der Waals surface area (Å²) in [7, 11) is 1.57. The van der Waals surface area contributed by atoms with Crippen LogP contribution < -0.4 is 4.74 Å². The average Bonchev–Trinajstić information content (AvgIpc) is 2.87. The van der Waals surface area contributed by atoms with Crippen LogP contribution in [-0.2, 0) is 4.79 Å². The quantitative estimate of drug-likeness (QED) is 0.743. The smallest absolute Gasteiger partial charge is 0.300 e. The molecular formula is C12H15N3O4S. The van der Waals surface area contributed by atoms with Gasteiger partial charge >= 0.3 is 0 Å². The Morgan fingerprint density at radius 1 is 1.45 bits per heavy atom. The number of nitrogens with one attached hydrogen (secondary N) is 1. The van der Waals surface area contributed by atoms with Gasteiger partial charge in [-0.05, 0) is 24.5 Å². The standard InChI is InChI=1S/C10H11N3O2S.C2H4O2/c1-15-6-3-4-8(14)7(5-6)9-11-10(16-2)13-12-9;1-2(3)4/h3-5,14H,1-2H3,(H,11,12,13);1H3,(H,3,4). The summed E-state index contributed by atoms with van der Waals surface area (Å²) >= 11 is 1.43. The molecule has 8 heteroatoms. The van der Waals surface area contributed by atoms with Gasteiger partial charge in [-0.25, -0.2) is 4.98 Å². The number of benzene rings is 1. The van der Waals surface area contributed by atoms with Crippen molar-refractivity contribution in [1.29, 1.82) is 0 Å². The van der Waals surface area contributed by atoms with Crippen LogP contribution in [0.4, 0.5) is 0 Å². The topological polar surface area (TPSA) is 108 Å². The Labute approximate surface area is 120 Å². The molecule has 1 aromatic carbocycles. The number of hydrogen-bond acceptors (Lipinski definition) is 6. The molecule has 108 valence electrons. The summed E-state index contributed by atoms with van der Waals surface area (Å²) in [6, 6.07) is 4.96. The first-order valence-electron chi connectivity index (χ1n) is 5.51. The summed E-state index contributed by atoms with van der Waals surface area (Å²) in [5.41, 5.74) is 0.576. The van der Waals surface area contributed by atoms with Gasteiger partial charge < -0.3 is 14.9 Å². The zero-order chi connectivity index (χ0) is 15.1. The van der Waals surface area contributed by atoms with Gasteiger partial charge in [0.25, 0.3) is 5.97 Å². The molecule has 1 heterocycles. The van der Waals surface area contributed by atoms with E-state index in [-0.39, 0.29) is 5.75 Å². The second-order valence-electron chi connectivity index (χ2n) is 3.57. The molecule has 0 bridgehead atoms. The van der Waals surface area contributed by atoms with Crippen molar-refractivity contribution < 1.29 is 19.7 Å². The van der Waals surface area contributed by atoms with Gasteiger partial charge in [-0.1, -0.05) is 11.8 Å². The fourth-order valence-electron chi connectivity index (χ4n) is 1.29. The van der Waals surface area contributed by atoms with Crippen LogP contribution in [0.3, 0.4) is 0 Å². The highest BCUT2D eigenvalue weighted by atomic mass is 32.2. The molecule has 0 radical (unpaired) electrons. The molecule has 2 aromatic rings. The van der Waals surface area contributed by atoms with Gasteiger partial charge in [0, 0.05) is 6.92 Å². The first-order valence-corrected chi connectivity index (χ1v) is 6.73. The third kappa shape index (κ3) is 4.47. The van der Waals surface area contributed by atoms with E-state index in [2.05, 4.69) is 15.2 Å². The minimum absolute atomic E-state index is 0.143. The van der Waals surface area contributed by atoms with E-state index in [9.17, 15) is 5.11 Å². The number of aromatic nitrogens is 3. The summed E-state index contributed by atoms with van der Waals surface area (Å²) < 4.78 is 5.09. The third-order valence-electron chi connectivity index (χ3n) is 2.11. The lowest BCUT2D eigenvalue weighted by Crippen LogP contribution is -1.86. The lowest BCUT2D eigenvalue weighted by Gasteiger charge is -2.03. The summed E-state index contributed by atoms with van der Waals surface area (Å²) in [4.78, 5) is 13.2. The number of phenols is 1. The van der Waals surface area contributed by atoms with Gasteiger partial charge in [0.15, 0.2) is 5.82 Å². The molecule has 0 unspecified atom stereocenters. The van der Waals surface area contributed by atoms with Crippen LogP contribution in [0.15, 0.2) is 23.4 Å². The fourth-order valence-corrected chi connectivity index (χ4v) is 1.61. The summed E-state index contributed by atoms with van der Waals surface area (Å²) in [5, 5.41) is 24.5. The summed E-state index contributed by atoms with van der Waals surface area (Å²) in [6.07, 6.45) is 1.89. The van der Waals surface area contributed by atoms with Crippen molar-refractivity contribution in [3.05, 3.63) is 18.2 Å². The molecule has 0 aliphatic rings. The van der Waals surface area contributed by atoms with E-state index < -0.39 is 5.97 Å². The number of ether oxygens (including phenoxy) is 1. The molecule has 0 spiro atoms. The average molecular weight is 297 g/mol. The van der Waals surface area contributed by atoms with Crippen molar-refractivity contribution in [3.8, 4) is 22.9 Å². The largest absolute Gasteiger partial charge is 0.507 e. The number of carbonyl (C=O) groups is 1. The Morgan fingerprint density at radius 2 is 2.10 bits per heavy atom. The highest BCUT2D eigenvalue weighted by molar-refractivity contribution is 7.98. The third-order valence-corrected chi connectivity index (χ3v) is 2.65. The molecule has 0 amide bonds. The van der Waals surface area contributed by atoms with Crippen LogP contribution in [0.2, 0.25) is 0 Å². The summed E-state index contributed by atoms with van der Waals surface area (Å²) in [6.45, 7) is 1.08. The maximum absolute atomic E-state index is 9.72. The molecule has 2 rings (SSSR count). The minimum Gasteiger partial charge on any atom is -0.507 e. The van der Waals surface area contributed by atoms with E-state index in [4.69, 9.17) is 14.6 Å². The minimum atomic E-state index is -0.833. The molecule has 0 saturated heterocycles. The van der Waals surface area contributed by atoms with Crippen LogP contribution in [0.5, 0.6) is 11.5 Å². The number of aliphatic carboxylic acids is 1. The zero-order valence-corrected chi connectivity index (χ0v) is 12.1. The molecule has 0 fully saturated rings. The molecular weight excluding hydrogens is 282 g/mol. The lowest BCUT2D eigenvalue weighted by molar-refractivity contribution is -0.134. The van der Waals surface area contributed by atoms with E-state index in [1.165, 1.54) is 11.8 Å². The van der Waals surface area contributed by atoms with E-state index in [1.807, 2.05) is 6.26 Å². The highest BCUT2D eigenvalue weighted by Crippen LogP contribution is 2.30. The molecule has 0 atom stereocenters. The van der Waals surface area contributed by atoms with Crippen molar-refractivity contribution in [2.24, 2.45) is 0 Å². The van der Waals surface area contributed by atoms with Crippen molar-refractivity contribution in [3.63, 3.8) is 0 Å².